The third kappa shape index (κ3) is 3.17. The first-order valence-electron chi connectivity index (χ1n) is 5.83. The van der Waals surface area contributed by atoms with E-state index in [4.69, 9.17) is 10.5 Å². The van der Waals surface area contributed by atoms with Crippen molar-refractivity contribution in [2.45, 2.75) is 40.2 Å². The predicted octanol–water partition coefficient (Wildman–Crippen LogP) is 2.35. The smallest absolute Gasteiger partial charge is 0.159 e. The number of rotatable bonds is 5. The Hall–Kier alpha value is -1.16. The van der Waals surface area contributed by atoms with Crippen LogP contribution in [0.1, 0.15) is 45.3 Å². The van der Waals surface area contributed by atoms with Crippen molar-refractivity contribution in [2.24, 2.45) is 5.92 Å². The first kappa shape index (κ1) is 12.9. The van der Waals surface area contributed by atoms with Crippen molar-refractivity contribution in [1.82, 2.24) is 9.97 Å². The molecular formula is C12H21N3O. The molecule has 1 aromatic heterocycles. The highest BCUT2D eigenvalue weighted by atomic mass is 16.5. The molecule has 0 amide bonds. The zero-order chi connectivity index (χ0) is 12.1. The molecule has 16 heavy (non-hydrogen) atoms. The van der Waals surface area contributed by atoms with Gasteiger partial charge in [0.25, 0.3) is 0 Å². The van der Waals surface area contributed by atoms with Crippen molar-refractivity contribution in [2.75, 3.05) is 12.3 Å². The van der Waals surface area contributed by atoms with E-state index < -0.39 is 0 Å². The molecule has 0 saturated heterocycles. The minimum atomic E-state index is -0.0706. The van der Waals surface area contributed by atoms with E-state index in [0.29, 0.717) is 24.2 Å². The van der Waals surface area contributed by atoms with Crippen molar-refractivity contribution < 1.29 is 4.74 Å². The van der Waals surface area contributed by atoms with Crippen molar-refractivity contribution in [3.8, 4) is 0 Å². The molecule has 4 nitrogen and oxygen atoms in total. The molecule has 0 spiro atoms. The molecule has 0 fully saturated rings. The maximum absolute atomic E-state index is 5.76. The molecule has 1 unspecified atom stereocenters. The number of ether oxygens (including phenoxy) is 1. The second-order valence-corrected chi connectivity index (χ2v) is 4.12. The van der Waals surface area contributed by atoms with Crippen LogP contribution >= 0.6 is 0 Å². The lowest BCUT2D eigenvalue weighted by Crippen LogP contribution is -2.16. The summed E-state index contributed by atoms with van der Waals surface area (Å²) in [4.78, 5) is 8.74. The van der Waals surface area contributed by atoms with E-state index >= 15 is 0 Å². The SMILES string of the molecule is CCOC(c1nc(N)cc(CC)n1)C(C)C. The number of nitrogens with two attached hydrogens (primary N) is 1. The minimum Gasteiger partial charge on any atom is -0.384 e. The van der Waals surface area contributed by atoms with Crippen LogP contribution in [0.5, 0.6) is 0 Å². The third-order valence-electron chi connectivity index (χ3n) is 2.38. The Kier molecular flexibility index (Phi) is 4.68. The molecule has 0 saturated carbocycles. The molecule has 0 aliphatic rings. The number of aromatic nitrogens is 2. The molecule has 1 heterocycles. The van der Waals surface area contributed by atoms with Gasteiger partial charge in [0, 0.05) is 18.4 Å². The monoisotopic (exact) mass is 223 g/mol. The highest BCUT2D eigenvalue weighted by molar-refractivity contribution is 5.30. The second kappa shape index (κ2) is 5.80. The zero-order valence-corrected chi connectivity index (χ0v) is 10.5. The Morgan fingerprint density at radius 3 is 2.50 bits per heavy atom. The summed E-state index contributed by atoms with van der Waals surface area (Å²) in [5.74, 6) is 1.56. The lowest BCUT2D eigenvalue weighted by Gasteiger charge is -2.20. The Morgan fingerprint density at radius 1 is 1.31 bits per heavy atom. The fourth-order valence-electron chi connectivity index (χ4n) is 1.59. The predicted molar refractivity (Wildman–Crippen MR) is 65.0 cm³/mol. The van der Waals surface area contributed by atoms with Crippen LogP contribution in [0, 0.1) is 5.92 Å². The van der Waals surface area contributed by atoms with Crippen LogP contribution in [0.4, 0.5) is 5.82 Å². The molecule has 0 bridgehead atoms. The van der Waals surface area contributed by atoms with Gasteiger partial charge in [-0.3, -0.25) is 0 Å². The average molecular weight is 223 g/mol. The number of hydrogen-bond acceptors (Lipinski definition) is 4. The molecule has 1 aromatic rings. The quantitative estimate of drug-likeness (QED) is 0.832. The highest BCUT2D eigenvalue weighted by Crippen LogP contribution is 2.23. The van der Waals surface area contributed by atoms with Gasteiger partial charge in [-0.2, -0.15) is 0 Å². The first-order chi connectivity index (χ1) is 7.58. The van der Waals surface area contributed by atoms with Gasteiger partial charge in [0.05, 0.1) is 0 Å². The van der Waals surface area contributed by atoms with Gasteiger partial charge in [-0.15, -0.1) is 0 Å². The number of nitrogen functional groups attached to an aromatic ring is 1. The molecule has 1 atom stereocenters. The van der Waals surface area contributed by atoms with Crippen LogP contribution < -0.4 is 5.73 Å². The van der Waals surface area contributed by atoms with Crippen LogP contribution in [-0.2, 0) is 11.2 Å². The zero-order valence-electron chi connectivity index (χ0n) is 10.5. The van der Waals surface area contributed by atoms with E-state index in [9.17, 15) is 0 Å². The van der Waals surface area contributed by atoms with Gasteiger partial charge in [0.15, 0.2) is 5.82 Å². The molecular weight excluding hydrogens is 202 g/mol. The molecule has 2 N–H and O–H groups in total. The Labute approximate surface area is 97.2 Å². The molecule has 90 valence electrons. The van der Waals surface area contributed by atoms with E-state index in [-0.39, 0.29) is 6.10 Å². The van der Waals surface area contributed by atoms with Crippen LogP contribution in [0.2, 0.25) is 0 Å². The number of hydrogen-bond donors (Lipinski definition) is 1. The molecule has 0 aliphatic carbocycles. The van der Waals surface area contributed by atoms with Gasteiger partial charge in [0.2, 0.25) is 0 Å². The van der Waals surface area contributed by atoms with Gasteiger partial charge in [-0.25, -0.2) is 9.97 Å². The fraction of sp³-hybridized carbons (Fsp3) is 0.667. The number of anilines is 1. The van der Waals surface area contributed by atoms with Crippen molar-refractivity contribution in [1.29, 1.82) is 0 Å². The summed E-state index contributed by atoms with van der Waals surface area (Å²) in [6, 6.07) is 1.81. The molecule has 0 aliphatic heterocycles. The lowest BCUT2D eigenvalue weighted by molar-refractivity contribution is 0.0232. The Balaban J connectivity index is 3.03. The summed E-state index contributed by atoms with van der Waals surface area (Å²) >= 11 is 0. The topological polar surface area (TPSA) is 61.0 Å². The van der Waals surface area contributed by atoms with E-state index in [1.165, 1.54) is 0 Å². The molecule has 0 aromatic carbocycles. The number of nitrogens with zero attached hydrogens (tertiary/aromatic N) is 2. The van der Waals surface area contributed by atoms with E-state index in [2.05, 4.69) is 30.7 Å². The minimum absolute atomic E-state index is 0.0706. The summed E-state index contributed by atoms with van der Waals surface area (Å²) in [5.41, 5.74) is 6.73. The van der Waals surface area contributed by atoms with Crippen LogP contribution in [0.15, 0.2) is 6.07 Å². The molecule has 4 heteroatoms. The number of aryl methyl sites for hydroxylation is 1. The Bertz CT molecular complexity index is 339. The largest absolute Gasteiger partial charge is 0.384 e. The maximum atomic E-state index is 5.76. The maximum Gasteiger partial charge on any atom is 0.159 e. The van der Waals surface area contributed by atoms with Gasteiger partial charge in [-0.1, -0.05) is 20.8 Å². The lowest BCUT2D eigenvalue weighted by atomic mass is 10.1. The summed E-state index contributed by atoms with van der Waals surface area (Å²) < 4.78 is 5.66. The van der Waals surface area contributed by atoms with Crippen LogP contribution in [0.25, 0.3) is 0 Å². The summed E-state index contributed by atoms with van der Waals surface area (Å²) in [7, 11) is 0. The summed E-state index contributed by atoms with van der Waals surface area (Å²) in [6.07, 6.45) is 0.787. The molecule has 1 rings (SSSR count). The van der Waals surface area contributed by atoms with Gasteiger partial charge in [-0.05, 0) is 19.3 Å². The van der Waals surface area contributed by atoms with E-state index in [1.54, 1.807) is 0 Å². The third-order valence-corrected chi connectivity index (χ3v) is 2.38. The standard InChI is InChI=1S/C12H21N3O/c1-5-9-7-10(13)15-12(14-9)11(8(3)4)16-6-2/h7-8,11H,5-6H2,1-4H3,(H2,13,14,15). The second-order valence-electron chi connectivity index (χ2n) is 4.12. The van der Waals surface area contributed by atoms with E-state index in [0.717, 1.165) is 12.1 Å². The summed E-state index contributed by atoms with van der Waals surface area (Å²) in [5, 5.41) is 0. The van der Waals surface area contributed by atoms with Crippen molar-refractivity contribution >= 4 is 5.82 Å². The summed E-state index contributed by atoms with van der Waals surface area (Å²) in [6.45, 7) is 8.87. The Morgan fingerprint density at radius 2 is 2.00 bits per heavy atom. The van der Waals surface area contributed by atoms with Crippen LogP contribution in [-0.4, -0.2) is 16.6 Å². The average Bonchev–Trinajstić information content (AvgIpc) is 2.24. The van der Waals surface area contributed by atoms with Gasteiger partial charge < -0.3 is 10.5 Å². The van der Waals surface area contributed by atoms with Gasteiger partial charge >= 0.3 is 0 Å². The van der Waals surface area contributed by atoms with Crippen molar-refractivity contribution in [3.63, 3.8) is 0 Å². The highest BCUT2D eigenvalue weighted by Gasteiger charge is 2.19. The van der Waals surface area contributed by atoms with Crippen molar-refractivity contribution in [3.05, 3.63) is 17.6 Å². The fourth-order valence-corrected chi connectivity index (χ4v) is 1.59. The van der Waals surface area contributed by atoms with Crippen LogP contribution in [0.3, 0.4) is 0 Å². The first-order valence-corrected chi connectivity index (χ1v) is 5.83. The molecule has 0 radical (unpaired) electrons. The normalized spacial score (nSPS) is 13.1. The van der Waals surface area contributed by atoms with Gasteiger partial charge in [0.1, 0.15) is 11.9 Å². The van der Waals surface area contributed by atoms with E-state index in [1.807, 2.05) is 13.0 Å².